The van der Waals surface area contributed by atoms with Crippen LogP contribution in [0.2, 0.25) is 0 Å². The zero-order valence-corrected chi connectivity index (χ0v) is 13.7. The van der Waals surface area contributed by atoms with Gasteiger partial charge in [-0.25, -0.2) is 9.59 Å². The summed E-state index contributed by atoms with van der Waals surface area (Å²) in [7, 11) is 0. The predicted octanol–water partition coefficient (Wildman–Crippen LogP) is 3.45. The van der Waals surface area contributed by atoms with Crippen molar-refractivity contribution in [3.05, 3.63) is 29.8 Å². The summed E-state index contributed by atoms with van der Waals surface area (Å²) < 4.78 is 43.8. The molecule has 138 valence electrons. The van der Waals surface area contributed by atoms with E-state index in [9.17, 15) is 22.8 Å². The van der Waals surface area contributed by atoms with Crippen LogP contribution in [-0.2, 0) is 10.9 Å². The molecule has 0 unspecified atom stereocenters. The predicted molar refractivity (Wildman–Crippen MR) is 85.2 cm³/mol. The van der Waals surface area contributed by atoms with Gasteiger partial charge < -0.3 is 20.3 Å². The van der Waals surface area contributed by atoms with Gasteiger partial charge in [-0.15, -0.1) is 0 Å². The first-order valence-electron chi connectivity index (χ1n) is 7.96. The Morgan fingerprint density at radius 1 is 1.32 bits per heavy atom. The number of nitrogens with zero attached hydrogens (tertiary/aromatic N) is 1. The number of piperidine rings is 1. The highest BCUT2D eigenvalue weighted by atomic mass is 19.4. The molecule has 1 fully saturated rings. The van der Waals surface area contributed by atoms with Crippen molar-refractivity contribution in [3.63, 3.8) is 0 Å². The third kappa shape index (κ3) is 5.27. The minimum absolute atomic E-state index is 0.207. The van der Waals surface area contributed by atoms with Gasteiger partial charge in [0.05, 0.1) is 17.9 Å². The van der Waals surface area contributed by atoms with E-state index in [1.165, 1.54) is 23.1 Å². The number of likely N-dealkylation sites (tertiary alicyclic amines) is 1. The van der Waals surface area contributed by atoms with Crippen molar-refractivity contribution in [1.29, 1.82) is 0 Å². The quantitative estimate of drug-likeness (QED) is 0.868. The normalized spacial score (nSPS) is 17.8. The number of halogens is 3. The van der Waals surface area contributed by atoms with Gasteiger partial charge in [0.25, 0.3) is 0 Å². The van der Waals surface area contributed by atoms with E-state index in [-0.39, 0.29) is 24.9 Å². The van der Waals surface area contributed by atoms with Crippen LogP contribution in [0.15, 0.2) is 24.3 Å². The molecule has 0 saturated carbocycles. The fourth-order valence-electron chi connectivity index (χ4n) is 2.65. The standard InChI is InChI=1S/C16H20F3N3O3/c1-2-25-15(24)20-11-6-5-9-22(10-11)14(23)21-13-8-4-3-7-12(13)16(17,18)19/h3-4,7-8,11H,2,5-6,9-10H2,1H3,(H,20,24)(H,21,23)/t11-/m0/s1. The highest BCUT2D eigenvalue weighted by Crippen LogP contribution is 2.34. The van der Waals surface area contributed by atoms with E-state index in [0.717, 1.165) is 6.07 Å². The average molecular weight is 359 g/mol. The molecule has 1 saturated heterocycles. The van der Waals surface area contributed by atoms with Crippen molar-refractivity contribution in [2.45, 2.75) is 32.0 Å². The Kier molecular flexibility index (Phi) is 6.11. The van der Waals surface area contributed by atoms with Crippen molar-refractivity contribution in [1.82, 2.24) is 10.2 Å². The summed E-state index contributed by atoms with van der Waals surface area (Å²) in [5, 5.41) is 4.95. The van der Waals surface area contributed by atoms with Crippen molar-refractivity contribution in [2.75, 3.05) is 25.0 Å². The third-order valence-corrected chi connectivity index (χ3v) is 3.78. The summed E-state index contributed by atoms with van der Waals surface area (Å²) in [5.74, 6) is 0. The molecule has 25 heavy (non-hydrogen) atoms. The molecular formula is C16H20F3N3O3. The van der Waals surface area contributed by atoms with Crippen LogP contribution in [0.4, 0.5) is 28.4 Å². The Morgan fingerprint density at radius 2 is 2.04 bits per heavy atom. The second-order valence-electron chi connectivity index (χ2n) is 5.62. The van der Waals surface area contributed by atoms with Gasteiger partial charge in [0, 0.05) is 19.1 Å². The van der Waals surface area contributed by atoms with Crippen LogP contribution in [0.1, 0.15) is 25.3 Å². The number of amides is 3. The summed E-state index contributed by atoms with van der Waals surface area (Å²) in [5.41, 5.74) is -1.19. The van der Waals surface area contributed by atoms with Crippen molar-refractivity contribution in [3.8, 4) is 0 Å². The smallest absolute Gasteiger partial charge is 0.418 e. The van der Waals surface area contributed by atoms with Crippen molar-refractivity contribution >= 4 is 17.8 Å². The van der Waals surface area contributed by atoms with E-state index in [4.69, 9.17) is 4.74 Å². The van der Waals surface area contributed by atoms with E-state index in [2.05, 4.69) is 10.6 Å². The molecule has 9 heteroatoms. The van der Waals surface area contributed by atoms with Gasteiger partial charge in [-0.3, -0.25) is 0 Å². The lowest BCUT2D eigenvalue weighted by atomic mass is 10.1. The number of hydrogen-bond donors (Lipinski definition) is 2. The summed E-state index contributed by atoms with van der Waals surface area (Å²) in [6, 6.07) is 3.88. The molecule has 0 spiro atoms. The van der Waals surface area contributed by atoms with Crippen LogP contribution in [0, 0.1) is 0 Å². The van der Waals surface area contributed by atoms with Gasteiger partial charge in [-0.2, -0.15) is 13.2 Å². The summed E-state index contributed by atoms with van der Waals surface area (Å²) in [6.07, 6.45) is -3.83. The van der Waals surface area contributed by atoms with E-state index < -0.39 is 23.9 Å². The number of hydrogen-bond acceptors (Lipinski definition) is 3. The maximum atomic E-state index is 13.0. The third-order valence-electron chi connectivity index (χ3n) is 3.78. The molecule has 0 aliphatic carbocycles. The largest absolute Gasteiger partial charge is 0.450 e. The number of ether oxygens (including phenoxy) is 1. The molecule has 1 aliphatic heterocycles. The molecule has 2 rings (SSSR count). The van der Waals surface area contributed by atoms with Crippen LogP contribution in [0.3, 0.4) is 0 Å². The fourth-order valence-corrected chi connectivity index (χ4v) is 2.65. The summed E-state index contributed by atoms with van der Waals surface area (Å²) in [4.78, 5) is 25.1. The van der Waals surface area contributed by atoms with Gasteiger partial charge >= 0.3 is 18.3 Å². The summed E-state index contributed by atoms with van der Waals surface area (Å²) >= 11 is 0. The van der Waals surface area contributed by atoms with E-state index in [1.807, 2.05) is 0 Å². The van der Waals surface area contributed by atoms with E-state index >= 15 is 0 Å². The number of benzene rings is 1. The van der Waals surface area contributed by atoms with Gasteiger partial charge in [-0.05, 0) is 31.9 Å². The van der Waals surface area contributed by atoms with Gasteiger partial charge in [0.2, 0.25) is 0 Å². The van der Waals surface area contributed by atoms with Crippen LogP contribution in [0.25, 0.3) is 0 Å². The molecule has 1 aromatic carbocycles. The number of rotatable bonds is 3. The number of para-hydroxylation sites is 1. The van der Waals surface area contributed by atoms with Gasteiger partial charge in [0.1, 0.15) is 0 Å². The Hall–Kier alpha value is -2.45. The highest BCUT2D eigenvalue weighted by molar-refractivity contribution is 5.90. The van der Waals surface area contributed by atoms with Gasteiger partial charge in [-0.1, -0.05) is 12.1 Å². The van der Waals surface area contributed by atoms with Crippen molar-refractivity contribution < 1.29 is 27.5 Å². The minimum atomic E-state index is -4.56. The Bertz CT molecular complexity index is 622. The lowest BCUT2D eigenvalue weighted by molar-refractivity contribution is -0.136. The molecule has 1 aromatic rings. The lowest BCUT2D eigenvalue weighted by Crippen LogP contribution is -2.50. The second-order valence-corrected chi connectivity index (χ2v) is 5.62. The van der Waals surface area contributed by atoms with Crippen LogP contribution < -0.4 is 10.6 Å². The zero-order chi connectivity index (χ0) is 18.4. The number of nitrogens with one attached hydrogen (secondary N) is 2. The first kappa shape index (κ1) is 18.9. The van der Waals surface area contributed by atoms with Gasteiger partial charge in [0.15, 0.2) is 0 Å². The number of carbonyl (C=O) groups excluding carboxylic acids is 2. The first-order valence-corrected chi connectivity index (χ1v) is 7.96. The fraction of sp³-hybridized carbons (Fsp3) is 0.500. The second kappa shape index (κ2) is 8.09. The monoisotopic (exact) mass is 359 g/mol. The topological polar surface area (TPSA) is 70.7 Å². The van der Waals surface area contributed by atoms with Crippen LogP contribution in [0.5, 0.6) is 0 Å². The number of alkyl carbamates (subject to hydrolysis) is 1. The highest BCUT2D eigenvalue weighted by Gasteiger charge is 2.34. The number of anilines is 1. The Labute approximate surface area is 143 Å². The molecule has 0 aromatic heterocycles. The molecule has 6 nitrogen and oxygen atoms in total. The van der Waals surface area contributed by atoms with Crippen LogP contribution >= 0.6 is 0 Å². The zero-order valence-electron chi connectivity index (χ0n) is 13.7. The molecule has 3 amide bonds. The molecule has 2 N–H and O–H groups in total. The molecule has 0 bridgehead atoms. The minimum Gasteiger partial charge on any atom is -0.450 e. The summed E-state index contributed by atoms with van der Waals surface area (Å²) in [6.45, 7) is 2.52. The Morgan fingerprint density at radius 3 is 2.72 bits per heavy atom. The van der Waals surface area contributed by atoms with E-state index in [0.29, 0.717) is 19.4 Å². The molecule has 1 aliphatic rings. The molecule has 1 atom stereocenters. The number of urea groups is 1. The molecule has 1 heterocycles. The maximum Gasteiger partial charge on any atom is 0.418 e. The molecular weight excluding hydrogens is 339 g/mol. The van der Waals surface area contributed by atoms with Crippen molar-refractivity contribution in [2.24, 2.45) is 0 Å². The average Bonchev–Trinajstić information content (AvgIpc) is 2.54. The van der Waals surface area contributed by atoms with Crippen LogP contribution in [-0.4, -0.2) is 42.8 Å². The Balaban J connectivity index is 2.00. The molecule has 0 radical (unpaired) electrons. The number of alkyl halides is 3. The first-order chi connectivity index (χ1) is 11.8. The van der Waals surface area contributed by atoms with E-state index in [1.54, 1.807) is 6.92 Å². The lowest BCUT2D eigenvalue weighted by Gasteiger charge is -2.33. The maximum absolute atomic E-state index is 13.0. The number of carbonyl (C=O) groups is 2. The SMILES string of the molecule is CCOC(=O)N[C@H]1CCCN(C(=O)Nc2ccccc2C(F)(F)F)C1.